The summed E-state index contributed by atoms with van der Waals surface area (Å²) in [6, 6.07) is 18.0. The van der Waals surface area contributed by atoms with Crippen molar-refractivity contribution in [3.05, 3.63) is 70.8 Å². The van der Waals surface area contributed by atoms with Gasteiger partial charge in [0.2, 0.25) is 0 Å². The smallest absolute Gasteiger partial charge is 0.252 e. The van der Waals surface area contributed by atoms with E-state index in [9.17, 15) is 4.79 Å². The molecule has 3 heterocycles. The number of nitrogens with one attached hydrogen (secondary N) is 2. The predicted octanol–water partition coefficient (Wildman–Crippen LogP) is 4.52. The highest BCUT2D eigenvalue weighted by molar-refractivity contribution is 5.97. The molecule has 2 aromatic carbocycles. The fraction of sp³-hybridized carbons (Fsp3) is 0.519. The van der Waals surface area contributed by atoms with E-state index in [1.54, 1.807) is 0 Å². The zero-order chi connectivity index (χ0) is 21.4. The van der Waals surface area contributed by atoms with Crippen LogP contribution in [0.1, 0.15) is 71.6 Å². The summed E-state index contributed by atoms with van der Waals surface area (Å²) < 4.78 is 0. The van der Waals surface area contributed by atoms with E-state index in [0.717, 1.165) is 42.6 Å². The Morgan fingerprint density at radius 3 is 2.42 bits per heavy atom. The highest BCUT2D eigenvalue weighted by Gasteiger charge is 2.56. The largest absolute Gasteiger partial charge is 0.343 e. The quantitative estimate of drug-likeness (QED) is 0.726. The van der Waals surface area contributed by atoms with Crippen molar-refractivity contribution in [2.24, 2.45) is 0 Å². The summed E-state index contributed by atoms with van der Waals surface area (Å²) in [6.45, 7) is 6.32. The third-order valence-corrected chi connectivity index (χ3v) is 8.07. The lowest BCUT2D eigenvalue weighted by Gasteiger charge is -2.43. The number of fused-ring (bicyclic) bond motifs is 2. The molecule has 2 atom stereocenters. The van der Waals surface area contributed by atoms with Crippen LogP contribution in [-0.2, 0) is 0 Å². The van der Waals surface area contributed by atoms with E-state index in [0.29, 0.717) is 12.1 Å². The van der Waals surface area contributed by atoms with Crippen molar-refractivity contribution in [2.45, 2.75) is 76.0 Å². The first kappa shape index (κ1) is 20.7. The van der Waals surface area contributed by atoms with Crippen molar-refractivity contribution >= 4 is 5.91 Å². The van der Waals surface area contributed by atoms with Crippen LogP contribution in [0, 0.1) is 13.8 Å². The number of hydrogen-bond acceptors (Lipinski definition) is 3. The van der Waals surface area contributed by atoms with Crippen molar-refractivity contribution in [3.63, 3.8) is 0 Å². The Morgan fingerprint density at radius 1 is 1.06 bits per heavy atom. The van der Waals surface area contributed by atoms with E-state index in [-0.39, 0.29) is 17.5 Å². The molecule has 3 saturated heterocycles. The lowest BCUT2D eigenvalue weighted by molar-refractivity contribution is 0.0754. The van der Waals surface area contributed by atoms with Gasteiger partial charge in [0.15, 0.2) is 0 Å². The fourth-order valence-electron chi connectivity index (χ4n) is 6.55. The van der Waals surface area contributed by atoms with E-state index >= 15 is 0 Å². The maximum Gasteiger partial charge on any atom is 0.252 e. The van der Waals surface area contributed by atoms with Crippen molar-refractivity contribution in [3.8, 4) is 0 Å². The van der Waals surface area contributed by atoms with Crippen LogP contribution in [0.15, 0.2) is 48.5 Å². The highest BCUT2D eigenvalue weighted by atomic mass is 16.1. The van der Waals surface area contributed by atoms with Gasteiger partial charge in [0.05, 0.1) is 6.04 Å². The molecule has 1 amide bonds. The highest BCUT2D eigenvalue weighted by Crippen LogP contribution is 2.53. The molecule has 3 aliphatic heterocycles. The first-order chi connectivity index (χ1) is 15.1. The Morgan fingerprint density at radius 2 is 1.77 bits per heavy atom. The molecule has 0 aromatic heterocycles. The molecular formula is C27H35N3O. The van der Waals surface area contributed by atoms with Crippen LogP contribution >= 0.6 is 0 Å². The maximum absolute atomic E-state index is 13.6. The van der Waals surface area contributed by atoms with Crippen molar-refractivity contribution in [1.82, 2.24) is 15.5 Å². The third kappa shape index (κ3) is 3.70. The number of carbonyl (C=O) groups excluding carboxylic acids is 1. The molecule has 0 unspecified atom stereocenters. The van der Waals surface area contributed by atoms with E-state index in [1.165, 1.54) is 31.2 Å². The normalized spacial score (nSPS) is 28.7. The minimum atomic E-state index is 0.00843. The van der Waals surface area contributed by atoms with E-state index in [1.807, 2.05) is 32.0 Å². The second kappa shape index (κ2) is 8.40. The first-order valence-corrected chi connectivity index (χ1v) is 12.0. The van der Waals surface area contributed by atoms with Crippen LogP contribution in [0.2, 0.25) is 0 Å². The Kier molecular flexibility index (Phi) is 5.61. The molecule has 2 bridgehead atoms. The van der Waals surface area contributed by atoms with E-state index in [2.05, 4.69) is 45.9 Å². The van der Waals surface area contributed by atoms with Gasteiger partial charge in [-0.25, -0.2) is 0 Å². The van der Waals surface area contributed by atoms with Gasteiger partial charge in [0.1, 0.15) is 0 Å². The SMILES string of the molecule is Cc1cccc(C)c1C(=O)N[C@H](c1ccccc1)C12CCC(CC1)N2C[C@H]1CCCN1. The van der Waals surface area contributed by atoms with Crippen molar-refractivity contribution in [1.29, 1.82) is 0 Å². The molecule has 5 rings (SSSR count). The molecular weight excluding hydrogens is 382 g/mol. The summed E-state index contributed by atoms with van der Waals surface area (Å²) in [7, 11) is 0. The van der Waals surface area contributed by atoms with Crippen LogP contribution < -0.4 is 10.6 Å². The number of hydrogen-bond donors (Lipinski definition) is 2. The molecule has 0 saturated carbocycles. The van der Waals surface area contributed by atoms with Gasteiger partial charge in [-0.2, -0.15) is 0 Å². The molecule has 2 N–H and O–H groups in total. The first-order valence-electron chi connectivity index (χ1n) is 12.0. The lowest BCUT2D eigenvalue weighted by atomic mass is 9.78. The van der Waals surface area contributed by atoms with Gasteiger partial charge >= 0.3 is 0 Å². The minimum Gasteiger partial charge on any atom is -0.343 e. The zero-order valence-corrected chi connectivity index (χ0v) is 18.9. The lowest BCUT2D eigenvalue weighted by Crippen LogP contribution is -2.55. The second-order valence-electron chi connectivity index (χ2n) is 9.86. The summed E-state index contributed by atoms with van der Waals surface area (Å²) in [4.78, 5) is 16.4. The monoisotopic (exact) mass is 417 g/mol. The fourth-order valence-corrected chi connectivity index (χ4v) is 6.55. The van der Waals surface area contributed by atoms with Gasteiger partial charge < -0.3 is 10.6 Å². The molecule has 3 aliphatic rings. The summed E-state index contributed by atoms with van der Waals surface area (Å²) in [5.74, 6) is 0.0631. The number of amides is 1. The second-order valence-corrected chi connectivity index (χ2v) is 9.86. The molecule has 2 aromatic rings. The third-order valence-electron chi connectivity index (χ3n) is 8.07. The van der Waals surface area contributed by atoms with Crippen LogP contribution in [0.4, 0.5) is 0 Å². The standard InChI is InChI=1S/C27H35N3O/c1-19-8-6-9-20(2)24(19)26(31)29-25(21-10-4-3-5-11-21)27-15-13-23(14-16-27)30(27)18-22-12-7-17-28-22/h3-6,8-11,22-23,25,28H,7,12-18H2,1-2H3,(H,29,31)/t22-,23?,25-,27?/m1/s1. The number of rotatable bonds is 6. The van der Waals surface area contributed by atoms with Crippen molar-refractivity contribution in [2.75, 3.05) is 13.1 Å². The Labute approximate surface area is 186 Å². The molecule has 0 aliphatic carbocycles. The average Bonchev–Trinajstić information content (AvgIpc) is 3.50. The van der Waals surface area contributed by atoms with Gasteiger partial charge in [-0.1, -0.05) is 48.5 Å². The zero-order valence-electron chi connectivity index (χ0n) is 18.9. The number of aryl methyl sites for hydroxylation is 2. The minimum absolute atomic E-state index is 0.00843. The topological polar surface area (TPSA) is 44.4 Å². The van der Waals surface area contributed by atoms with E-state index < -0.39 is 0 Å². The molecule has 4 heteroatoms. The average molecular weight is 418 g/mol. The van der Waals surface area contributed by atoms with Crippen LogP contribution in [-0.4, -0.2) is 41.5 Å². The molecule has 0 radical (unpaired) electrons. The van der Waals surface area contributed by atoms with Gasteiger partial charge in [-0.3, -0.25) is 9.69 Å². The Hall–Kier alpha value is -2.17. The van der Waals surface area contributed by atoms with Crippen LogP contribution in [0.5, 0.6) is 0 Å². The molecule has 3 fully saturated rings. The van der Waals surface area contributed by atoms with Crippen LogP contribution in [0.3, 0.4) is 0 Å². The van der Waals surface area contributed by atoms with Gasteiger partial charge in [-0.15, -0.1) is 0 Å². The Bertz CT molecular complexity index is 907. The van der Waals surface area contributed by atoms with Gasteiger partial charge in [-0.05, 0) is 75.6 Å². The molecule has 31 heavy (non-hydrogen) atoms. The maximum atomic E-state index is 13.6. The van der Waals surface area contributed by atoms with E-state index in [4.69, 9.17) is 0 Å². The van der Waals surface area contributed by atoms with Gasteiger partial charge in [0.25, 0.3) is 5.91 Å². The molecule has 164 valence electrons. The molecule has 0 spiro atoms. The van der Waals surface area contributed by atoms with Crippen molar-refractivity contribution < 1.29 is 4.79 Å². The number of benzene rings is 2. The predicted molar refractivity (Wildman–Crippen MR) is 125 cm³/mol. The summed E-state index contributed by atoms with van der Waals surface area (Å²) >= 11 is 0. The number of carbonyl (C=O) groups is 1. The molecule has 4 nitrogen and oxygen atoms in total. The Balaban J connectivity index is 1.50. The number of nitrogens with zero attached hydrogens (tertiary/aromatic N) is 1. The summed E-state index contributed by atoms with van der Waals surface area (Å²) in [5, 5.41) is 7.25. The summed E-state index contributed by atoms with van der Waals surface area (Å²) in [6.07, 6.45) is 7.37. The van der Waals surface area contributed by atoms with Gasteiger partial charge in [0, 0.05) is 29.7 Å². The summed E-state index contributed by atoms with van der Waals surface area (Å²) in [5.41, 5.74) is 4.17. The van der Waals surface area contributed by atoms with Crippen LogP contribution in [0.25, 0.3) is 0 Å².